The third kappa shape index (κ3) is 3.89. The number of hydrogen-bond donors (Lipinski definition) is 1. The second-order valence-electron chi connectivity index (χ2n) is 5.41. The Morgan fingerprint density at radius 2 is 1.71 bits per heavy atom. The van der Waals surface area contributed by atoms with E-state index in [2.05, 4.69) is 38.2 Å². The first kappa shape index (κ1) is 15.2. The number of rotatable bonds is 5. The normalized spacial score (nSPS) is 10.6. The van der Waals surface area contributed by atoms with Gasteiger partial charge in [-0.3, -0.25) is 10.1 Å². The highest BCUT2D eigenvalue weighted by molar-refractivity contribution is 5.37. The van der Waals surface area contributed by atoms with Gasteiger partial charge in [0.2, 0.25) is 0 Å². The van der Waals surface area contributed by atoms with E-state index in [-0.39, 0.29) is 10.6 Å². The summed E-state index contributed by atoms with van der Waals surface area (Å²) in [6.45, 7) is 7.71. The van der Waals surface area contributed by atoms with Crippen LogP contribution in [0.1, 0.15) is 27.8 Å². The number of benzene rings is 2. The molecular weight excluding hydrogens is 264 g/mol. The summed E-state index contributed by atoms with van der Waals surface area (Å²) >= 11 is 0. The molecule has 0 radical (unpaired) electrons. The molecule has 2 aromatic rings. The average molecular weight is 284 g/mol. The molecule has 0 unspecified atom stereocenters. The summed E-state index contributed by atoms with van der Waals surface area (Å²) < 4.78 is 0. The molecule has 21 heavy (non-hydrogen) atoms. The Balaban J connectivity index is 2.02. The van der Waals surface area contributed by atoms with Crippen LogP contribution in [0.4, 0.5) is 5.69 Å². The van der Waals surface area contributed by atoms with Crippen LogP contribution >= 0.6 is 0 Å². The van der Waals surface area contributed by atoms with Crippen molar-refractivity contribution in [2.24, 2.45) is 0 Å². The van der Waals surface area contributed by atoms with Crippen LogP contribution < -0.4 is 5.32 Å². The average Bonchev–Trinajstić information content (AvgIpc) is 2.42. The zero-order chi connectivity index (χ0) is 15.4. The minimum Gasteiger partial charge on any atom is -0.309 e. The van der Waals surface area contributed by atoms with Gasteiger partial charge >= 0.3 is 0 Å². The van der Waals surface area contributed by atoms with Crippen molar-refractivity contribution >= 4 is 5.69 Å². The van der Waals surface area contributed by atoms with Crippen molar-refractivity contribution in [3.63, 3.8) is 0 Å². The molecule has 0 aliphatic carbocycles. The minimum absolute atomic E-state index is 0.136. The summed E-state index contributed by atoms with van der Waals surface area (Å²) in [5.41, 5.74) is 6.18. The SMILES string of the molecule is Cc1cc(C)c(CNCc2cccc([N+](=O)[O-])c2)c(C)c1. The van der Waals surface area contributed by atoms with E-state index >= 15 is 0 Å². The molecule has 0 saturated carbocycles. The van der Waals surface area contributed by atoms with Gasteiger partial charge in [-0.15, -0.1) is 0 Å². The Hall–Kier alpha value is -2.20. The van der Waals surface area contributed by atoms with Crippen LogP contribution in [0.5, 0.6) is 0 Å². The molecule has 0 fully saturated rings. The van der Waals surface area contributed by atoms with Gasteiger partial charge in [0.15, 0.2) is 0 Å². The Kier molecular flexibility index (Phi) is 4.70. The first-order valence-corrected chi connectivity index (χ1v) is 6.98. The maximum atomic E-state index is 10.8. The third-order valence-corrected chi connectivity index (χ3v) is 3.59. The molecule has 0 spiro atoms. The fourth-order valence-electron chi connectivity index (χ4n) is 2.60. The van der Waals surface area contributed by atoms with Crippen molar-refractivity contribution in [3.05, 3.63) is 74.3 Å². The lowest BCUT2D eigenvalue weighted by molar-refractivity contribution is -0.384. The van der Waals surface area contributed by atoms with E-state index in [1.165, 1.54) is 28.3 Å². The molecule has 0 bridgehead atoms. The fraction of sp³-hybridized carbons (Fsp3) is 0.294. The quantitative estimate of drug-likeness (QED) is 0.671. The number of non-ortho nitro benzene ring substituents is 1. The van der Waals surface area contributed by atoms with E-state index < -0.39 is 0 Å². The Bertz CT molecular complexity index is 643. The summed E-state index contributed by atoms with van der Waals surface area (Å²) in [4.78, 5) is 10.4. The van der Waals surface area contributed by atoms with Crippen LogP contribution in [0.3, 0.4) is 0 Å². The topological polar surface area (TPSA) is 55.2 Å². The van der Waals surface area contributed by atoms with Gasteiger partial charge < -0.3 is 5.32 Å². The third-order valence-electron chi connectivity index (χ3n) is 3.59. The summed E-state index contributed by atoms with van der Waals surface area (Å²) in [6, 6.07) is 11.1. The molecular formula is C17H20N2O2. The Morgan fingerprint density at radius 3 is 2.33 bits per heavy atom. The molecule has 0 saturated heterocycles. The van der Waals surface area contributed by atoms with Crippen molar-refractivity contribution in [3.8, 4) is 0 Å². The number of nitrogens with one attached hydrogen (secondary N) is 1. The highest BCUT2D eigenvalue weighted by atomic mass is 16.6. The van der Waals surface area contributed by atoms with Crippen LogP contribution in [0, 0.1) is 30.9 Å². The summed E-state index contributed by atoms with van der Waals surface area (Å²) in [7, 11) is 0. The first-order chi connectivity index (χ1) is 9.97. The van der Waals surface area contributed by atoms with Crippen molar-refractivity contribution in [1.82, 2.24) is 5.32 Å². The summed E-state index contributed by atoms with van der Waals surface area (Å²) in [5, 5.41) is 14.1. The van der Waals surface area contributed by atoms with Gasteiger partial charge in [-0.2, -0.15) is 0 Å². The Labute approximate surface area is 125 Å². The van der Waals surface area contributed by atoms with E-state index in [9.17, 15) is 10.1 Å². The molecule has 0 atom stereocenters. The lowest BCUT2D eigenvalue weighted by Crippen LogP contribution is -2.14. The van der Waals surface area contributed by atoms with Gasteiger partial charge in [0.1, 0.15) is 0 Å². The maximum Gasteiger partial charge on any atom is 0.269 e. The van der Waals surface area contributed by atoms with Gasteiger partial charge in [-0.1, -0.05) is 29.8 Å². The van der Waals surface area contributed by atoms with E-state index in [0.717, 1.165) is 12.1 Å². The van der Waals surface area contributed by atoms with Gasteiger partial charge in [-0.05, 0) is 43.0 Å². The monoisotopic (exact) mass is 284 g/mol. The molecule has 0 aromatic heterocycles. The van der Waals surface area contributed by atoms with Gasteiger partial charge in [-0.25, -0.2) is 0 Å². The predicted octanol–water partition coefficient (Wildman–Crippen LogP) is 3.81. The van der Waals surface area contributed by atoms with Gasteiger partial charge in [0.05, 0.1) is 4.92 Å². The van der Waals surface area contributed by atoms with E-state index in [1.807, 2.05) is 6.07 Å². The number of aryl methyl sites for hydroxylation is 3. The number of nitro benzene ring substituents is 1. The number of hydrogen-bond acceptors (Lipinski definition) is 3. The zero-order valence-electron chi connectivity index (χ0n) is 12.6. The number of nitro groups is 1. The van der Waals surface area contributed by atoms with Crippen molar-refractivity contribution < 1.29 is 4.92 Å². The molecule has 0 heterocycles. The van der Waals surface area contributed by atoms with Crippen molar-refractivity contribution in [1.29, 1.82) is 0 Å². The molecule has 4 heteroatoms. The second-order valence-corrected chi connectivity index (χ2v) is 5.41. The van der Waals surface area contributed by atoms with Crippen LogP contribution in [0.15, 0.2) is 36.4 Å². The largest absolute Gasteiger partial charge is 0.309 e. The fourth-order valence-corrected chi connectivity index (χ4v) is 2.60. The predicted molar refractivity (Wildman–Crippen MR) is 84.3 cm³/mol. The molecule has 0 amide bonds. The molecule has 0 aliphatic rings. The zero-order valence-corrected chi connectivity index (χ0v) is 12.6. The molecule has 4 nitrogen and oxygen atoms in total. The highest BCUT2D eigenvalue weighted by Gasteiger charge is 2.06. The Morgan fingerprint density at radius 1 is 1.05 bits per heavy atom. The van der Waals surface area contributed by atoms with Crippen molar-refractivity contribution in [2.75, 3.05) is 0 Å². The lowest BCUT2D eigenvalue weighted by Gasteiger charge is -2.12. The number of nitrogens with zero attached hydrogens (tertiary/aromatic N) is 1. The second kappa shape index (κ2) is 6.50. The van der Waals surface area contributed by atoms with Crippen LogP contribution in [-0.2, 0) is 13.1 Å². The molecule has 1 N–H and O–H groups in total. The minimum atomic E-state index is -0.363. The van der Waals surface area contributed by atoms with Crippen LogP contribution in [0.25, 0.3) is 0 Å². The summed E-state index contributed by atoms with van der Waals surface area (Å²) in [5.74, 6) is 0. The maximum absolute atomic E-state index is 10.8. The van der Waals surface area contributed by atoms with Crippen molar-refractivity contribution in [2.45, 2.75) is 33.9 Å². The molecule has 110 valence electrons. The molecule has 2 aromatic carbocycles. The van der Waals surface area contributed by atoms with Crippen LogP contribution in [-0.4, -0.2) is 4.92 Å². The van der Waals surface area contributed by atoms with E-state index in [4.69, 9.17) is 0 Å². The van der Waals surface area contributed by atoms with E-state index in [0.29, 0.717) is 6.54 Å². The summed E-state index contributed by atoms with van der Waals surface area (Å²) in [6.07, 6.45) is 0. The first-order valence-electron chi connectivity index (χ1n) is 6.98. The van der Waals surface area contributed by atoms with Crippen LogP contribution in [0.2, 0.25) is 0 Å². The standard InChI is InChI=1S/C17H20N2O2/c1-12-7-13(2)17(14(3)8-12)11-18-10-15-5-4-6-16(9-15)19(20)21/h4-9,18H,10-11H2,1-3H3. The smallest absolute Gasteiger partial charge is 0.269 e. The lowest BCUT2D eigenvalue weighted by atomic mass is 10.00. The molecule has 2 rings (SSSR count). The molecule has 0 aliphatic heterocycles. The van der Waals surface area contributed by atoms with E-state index in [1.54, 1.807) is 12.1 Å². The highest BCUT2D eigenvalue weighted by Crippen LogP contribution is 2.17. The van der Waals surface area contributed by atoms with Gasteiger partial charge in [0.25, 0.3) is 5.69 Å². The van der Waals surface area contributed by atoms with Gasteiger partial charge in [0, 0.05) is 25.2 Å².